The summed E-state index contributed by atoms with van der Waals surface area (Å²) in [6, 6.07) is 8.11. The van der Waals surface area contributed by atoms with Gasteiger partial charge in [-0.15, -0.1) is 11.3 Å². The molecule has 11 heteroatoms. The zero-order valence-electron chi connectivity index (χ0n) is 16.8. The van der Waals surface area contributed by atoms with Crippen LogP contribution in [0.3, 0.4) is 0 Å². The molecule has 1 aromatic carbocycles. The van der Waals surface area contributed by atoms with Crippen LogP contribution >= 0.6 is 22.9 Å². The predicted molar refractivity (Wildman–Crippen MR) is 118 cm³/mol. The number of fused-ring (bicyclic) bond motifs is 3. The van der Waals surface area contributed by atoms with Gasteiger partial charge in [-0.25, -0.2) is 4.79 Å². The molecule has 3 amide bonds. The molecular formula is C21H20ClN3O6S. The number of thiophene rings is 1. The van der Waals surface area contributed by atoms with Gasteiger partial charge in [0.15, 0.2) is 0 Å². The summed E-state index contributed by atoms with van der Waals surface area (Å²) in [5, 5.41) is 12.5. The summed E-state index contributed by atoms with van der Waals surface area (Å²) in [7, 11) is 0. The lowest BCUT2D eigenvalue weighted by atomic mass is 10.0. The number of carbonyl (C=O) groups is 3. The van der Waals surface area contributed by atoms with Crippen LogP contribution in [0.15, 0.2) is 30.3 Å². The third-order valence-corrected chi connectivity index (χ3v) is 7.02. The number of hydrogen-bond acceptors (Lipinski definition) is 7. The summed E-state index contributed by atoms with van der Waals surface area (Å²) < 4.78 is 11.9. The second-order valence-electron chi connectivity index (χ2n) is 7.83. The van der Waals surface area contributed by atoms with Crippen molar-refractivity contribution in [3.63, 3.8) is 0 Å². The molecule has 0 bridgehead atoms. The van der Waals surface area contributed by atoms with Gasteiger partial charge in [-0.1, -0.05) is 11.6 Å². The maximum atomic E-state index is 12.6. The van der Waals surface area contributed by atoms with E-state index in [1.807, 2.05) is 0 Å². The minimum absolute atomic E-state index is 0.0868. The molecule has 0 unspecified atom stereocenters. The van der Waals surface area contributed by atoms with Crippen molar-refractivity contribution in [2.75, 3.05) is 29.5 Å². The number of carbonyl (C=O) groups excluding carboxylic acids is 3. The number of halogens is 1. The Labute approximate surface area is 192 Å². The number of hydrogen-bond donors (Lipinski definition) is 2. The van der Waals surface area contributed by atoms with E-state index in [4.69, 9.17) is 21.1 Å². The van der Waals surface area contributed by atoms with E-state index in [2.05, 4.69) is 5.32 Å². The average Bonchev–Trinajstić information content (AvgIpc) is 3.35. The topological polar surface area (TPSA) is 108 Å². The van der Waals surface area contributed by atoms with E-state index in [0.717, 1.165) is 0 Å². The Morgan fingerprint density at radius 1 is 1.28 bits per heavy atom. The first-order valence-corrected chi connectivity index (χ1v) is 11.4. The lowest BCUT2D eigenvalue weighted by Gasteiger charge is -2.33. The minimum atomic E-state index is -0.609. The number of cyclic esters (lactones) is 1. The third kappa shape index (κ3) is 3.78. The highest BCUT2D eigenvalue weighted by molar-refractivity contribution is 7.18. The van der Waals surface area contributed by atoms with Crippen molar-refractivity contribution in [2.45, 2.75) is 31.1 Å². The van der Waals surface area contributed by atoms with E-state index in [-0.39, 0.29) is 37.4 Å². The number of nitrogens with one attached hydrogen (secondary N) is 1. The fourth-order valence-corrected chi connectivity index (χ4v) is 5.13. The third-order valence-electron chi connectivity index (χ3n) is 5.79. The molecule has 5 rings (SSSR count). The first kappa shape index (κ1) is 21.0. The highest BCUT2D eigenvalue weighted by Crippen LogP contribution is 2.41. The second kappa shape index (κ2) is 8.27. The van der Waals surface area contributed by atoms with Gasteiger partial charge >= 0.3 is 6.09 Å². The number of amides is 3. The van der Waals surface area contributed by atoms with E-state index in [1.165, 1.54) is 16.2 Å². The van der Waals surface area contributed by atoms with Crippen molar-refractivity contribution in [1.82, 2.24) is 5.32 Å². The fraction of sp³-hybridized carbons (Fsp3) is 0.381. The van der Waals surface area contributed by atoms with Crippen molar-refractivity contribution in [2.24, 2.45) is 0 Å². The summed E-state index contributed by atoms with van der Waals surface area (Å²) in [6.07, 6.45) is -1.09. The monoisotopic (exact) mass is 477 g/mol. The molecule has 0 saturated carbocycles. The van der Waals surface area contributed by atoms with Gasteiger partial charge in [-0.3, -0.25) is 14.5 Å². The molecule has 168 valence electrons. The van der Waals surface area contributed by atoms with Gasteiger partial charge in [-0.2, -0.15) is 0 Å². The number of anilines is 2. The molecule has 32 heavy (non-hydrogen) atoms. The standard InChI is InChI=1S/C21H20ClN3O6S/c22-18-4-3-17(32-18)20(28)23-9-16-14-10-30-15-7-11(24-6-5-12(26)8-19(24)27)1-2-13(15)25(14)21(29)31-16/h1-4,7,12,14,16,26H,5-6,8-10H2,(H,23,28)/t12-,14-,16-/m0/s1. The van der Waals surface area contributed by atoms with Gasteiger partial charge < -0.3 is 24.8 Å². The number of rotatable bonds is 4. The molecule has 3 aliphatic heterocycles. The Kier molecular flexibility index (Phi) is 5.44. The second-order valence-corrected chi connectivity index (χ2v) is 9.54. The van der Waals surface area contributed by atoms with Gasteiger partial charge in [0.25, 0.3) is 5.91 Å². The maximum Gasteiger partial charge on any atom is 0.415 e. The van der Waals surface area contributed by atoms with E-state index < -0.39 is 18.3 Å². The molecule has 0 spiro atoms. The predicted octanol–water partition coefficient (Wildman–Crippen LogP) is 2.41. The molecular weight excluding hydrogens is 458 g/mol. The van der Waals surface area contributed by atoms with Crippen LogP contribution in [0.4, 0.5) is 16.2 Å². The highest BCUT2D eigenvalue weighted by atomic mass is 35.5. The van der Waals surface area contributed by atoms with Crippen molar-refractivity contribution in [3.05, 3.63) is 39.5 Å². The first-order chi connectivity index (χ1) is 15.4. The maximum absolute atomic E-state index is 12.6. The summed E-state index contributed by atoms with van der Waals surface area (Å²) in [5.41, 5.74) is 1.21. The van der Waals surface area contributed by atoms with Crippen LogP contribution in [0.25, 0.3) is 0 Å². The van der Waals surface area contributed by atoms with E-state index in [1.54, 1.807) is 35.2 Å². The van der Waals surface area contributed by atoms with E-state index in [0.29, 0.717) is 39.3 Å². The normalized spacial score (nSPS) is 24.5. The molecule has 1 aromatic heterocycles. The van der Waals surface area contributed by atoms with Crippen LogP contribution in [0, 0.1) is 0 Å². The molecule has 3 aliphatic rings. The van der Waals surface area contributed by atoms with Crippen LogP contribution in [-0.2, 0) is 9.53 Å². The Morgan fingerprint density at radius 3 is 2.88 bits per heavy atom. The zero-order valence-corrected chi connectivity index (χ0v) is 18.4. The van der Waals surface area contributed by atoms with Crippen molar-refractivity contribution < 1.29 is 29.0 Å². The number of nitrogens with zero attached hydrogens (tertiary/aromatic N) is 2. The molecule has 9 nitrogen and oxygen atoms in total. The van der Waals surface area contributed by atoms with Crippen LogP contribution in [-0.4, -0.2) is 61.0 Å². The zero-order chi connectivity index (χ0) is 22.4. The SMILES string of the molecule is O=C(NC[C@@H]1OC(=O)N2c3ccc(N4CC[C@H](O)CC4=O)cc3OC[C@@H]12)c1ccc(Cl)s1. The van der Waals surface area contributed by atoms with Gasteiger partial charge in [0, 0.05) is 18.3 Å². The largest absolute Gasteiger partial charge is 0.489 e. The van der Waals surface area contributed by atoms with E-state index in [9.17, 15) is 19.5 Å². The lowest BCUT2D eigenvalue weighted by Crippen LogP contribution is -2.48. The molecule has 0 radical (unpaired) electrons. The van der Waals surface area contributed by atoms with Crippen LogP contribution in [0.5, 0.6) is 5.75 Å². The van der Waals surface area contributed by atoms with Crippen molar-refractivity contribution >= 4 is 52.2 Å². The van der Waals surface area contributed by atoms with Crippen LogP contribution in [0.1, 0.15) is 22.5 Å². The van der Waals surface area contributed by atoms with Crippen molar-refractivity contribution in [1.29, 1.82) is 0 Å². The Hall–Kier alpha value is -2.82. The fourth-order valence-electron chi connectivity index (χ4n) is 4.17. The highest BCUT2D eigenvalue weighted by Gasteiger charge is 2.46. The van der Waals surface area contributed by atoms with Crippen LogP contribution < -0.4 is 19.9 Å². The summed E-state index contributed by atoms with van der Waals surface area (Å²) in [6.45, 7) is 0.757. The average molecular weight is 478 g/mol. The smallest absolute Gasteiger partial charge is 0.415 e. The molecule has 2 aromatic rings. The molecule has 2 saturated heterocycles. The molecule has 2 fully saturated rings. The summed E-state index contributed by atoms with van der Waals surface area (Å²) >= 11 is 7.05. The number of aliphatic hydroxyl groups is 1. The Balaban J connectivity index is 1.29. The summed E-state index contributed by atoms with van der Waals surface area (Å²) in [4.78, 5) is 40.8. The van der Waals surface area contributed by atoms with Crippen LogP contribution in [0.2, 0.25) is 4.34 Å². The van der Waals surface area contributed by atoms with Crippen molar-refractivity contribution in [3.8, 4) is 5.75 Å². The molecule has 0 aliphatic carbocycles. The Morgan fingerprint density at radius 2 is 2.12 bits per heavy atom. The lowest BCUT2D eigenvalue weighted by molar-refractivity contribution is -0.122. The number of ether oxygens (including phenoxy) is 2. The first-order valence-electron chi connectivity index (χ1n) is 10.2. The number of aliphatic hydroxyl groups excluding tert-OH is 1. The Bertz CT molecular complexity index is 1090. The number of piperidine rings is 1. The van der Waals surface area contributed by atoms with Gasteiger partial charge in [-0.05, 0) is 30.7 Å². The quantitative estimate of drug-likeness (QED) is 0.700. The van der Waals surface area contributed by atoms with Gasteiger partial charge in [0.05, 0.1) is 34.0 Å². The molecule has 3 atom stereocenters. The summed E-state index contributed by atoms with van der Waals surface area (Å²) in [5.74, 6) is 0.0443. The minimum Gasteiger partial charge on any atom is -0.489 e. The number of benzene rings is 1. The van der Waals surface area contributed by atoms with Gasteiger partial charge in [0.2, 0.25) is 5.91 Å². The van der Waals surface area contributed by atoms with Gasteiger partial charge in [0.1, 0.15) is 24.5 Å². The van der Waals surface area contributed by atoms with E-state index >= 15 is 0 Å². The molecule has 2 N–H and O–H groups in total. The molecule has 4 heterocycles.